The first-order chi connectivity index (χ1) is 8.16. The van der Waals surface area contributed by atoms with Crippen LogP contribution in [0.2, 0.25) is 0 Å². The maximum atomic E-state index is 12.2. The smallest absolute Gasteiger partial charge is 0.223 e. The molecular formula is C14H26N2O. The van der Waals surface area contributed by atoms with Crippen molar-refractivity contribution in [3.05, 3.63) is 0 Å². The van der Waals surface area contributed by atoms with Crippen molar-refractivity contribution in [1.29, 1.82) is 0 Å². The topological polar surface area (TPSA) is 55.1 Å². The largest absolute Gasteiger partial charge is 0.353 e. The molecule has 0 aromatic rings. The minimum absolute atomic E-state index is 0.205. The number of carbonyl (C=O) groups is 1. The molecular weight excluding hydrogens is 212 g/mol. The Balaban J connectivity index is 1.82. The Morgan fingerprint density at radius 2 is 1.82 bits per heavy atom. The summed E-state index contributed by atoms with van der Waals surface area (Å²) in [5.41, 5.74) is 5.94. The standard InChI is InChI=1S/C14H26N2O/c1-10-9-11(15)7-8-13(10)14(17)16-12-5-3-2-4-6-12/h10-13H,2-9,15H2,1H3,(H,16,17). The van der Waals surface area contributed by atoms with Gasteiger partial charge in [-0.15, -0.1) is 0 Å². The Labute approximate surface area is 105 Å². The monoisotopic (exact) mass is 238 g/mol. The van der Waals surface area contributed by atoms with Crippen molar-refractivity contribution < 1.29 is 4.79 Å². The molecule has 0 aliphatic heterocycles. The lowest BCUT2D eigenvalue weighted by Crippen LogP contribution is -2.44. The van der Waals surface area contributed by atoms with Gasteiger partial charge in [0.25, 0.3) is 0 Å². The summed E-state index contributed by atoms with van der Waals surface area (Å²) < 4.78 is 0. The van der Waals surface area contributed by atoms with Crippen molar-refractivity contribution in [2.24, 2.45) is 17.6 Å². The Kier molecular flexibility index (Phi) is 4.43. The van der Waals surface area contributed by atoms with Gasteiger partial charge in [-0.05, 0) is 38.0 Å². The first-order valence-corrected chi connectivity index (χ1v) is 7.22. The van der Waals surface area contributed by atoms with Gasteiger partial charge in [-0.25, -0.2) is 0 Å². The molecule has 2 rings (SSSR count). The predicted octanol–water partition coefficient (Wildman–Crippen LogP) is 2.20. The minimum atomic E-state index is 0.205. The van der Waals surface area contributed by atoms with Crippen LogP contribution in [0.5, 0.6) is 0 Å². The molecule has 3 unspecified atom stereocenters. The lowest BCUT2D eigenvalue weighted by molar-refractivity contribution is -0.128. The molecule has 3 heteroatoms. The molecule has 0 spiro atoms. The zero-order valence-electron chi connectivity index (χ0n) is 11.0. The second-order valence-corrected chi connectivity index (χ2v) is 6.00. The third kappa shape index (κ3) is 3.44. The maximum Gasteiger partial charge on any atom is 0.223 e. The molecule has 3 nitrogen and oxygen atoms in total. The summed E-state index contributed by atoms with van der Waals surface area (Å²) >= 11 is 0. The first kappa shape index (κ1) is 12.9. The van der Waals surface area contributed by atoms with E-state index in [1.165, 1.54) is 32.1 Å². The molecule has 17 heavy (non-hydrogen) atoms. The molecule has 3 N–H and O–H groups in total. The van der Waals surface area contributed by atoms with Gasteiger partial charge < -0.3 is 11.1 Å². The highest BCUT2D eigenvalue weighted by atomic mass is 16.1. The molecule has 0 saturated heterocycles. The van der Waals surface area contributed by atoms with Crippen LogP contribution in [-0.2, 0) is 4.79 Å². The summed E-state index contributed by atoms with van der Waals surface area (Å²) in [7, 11) is 0. The Morgan fingerprint density at radius 3 is 2.47 bits per heavy atom. The van der Waals surface area contributed by atoms with E-state index in [2.05, 4.69) is 12.2 Å². The van der Waals surface area contributed by atoms with E-state index in [0.29, 0.717) is 18.0 Å². The fourth-order valence-corrected chi connectivity index (χ4v) is 3.38. The van der Waals surface area contributed by atoms with Crippen LogP contribution in [-0.4, -0.2) is 18.0 Å². The molecule has 0 aromatic heterocycles. The average Bonchev–Trinajstić information content (AvgIpc) is 2.30. The van der Waals surface area contributed by atoms with Crippen molar-refractivity contribution in [1.82, 2.24) is 5.32 Å². The fourth-order valence-electron chi connectivity index (χ4n) is 3.38. The third-order valence-corrected chi connectivity index (χ3v) is 4.50. The number of rotatable bonds is 2. The number of nitrogens with one attached hydrogen (secondary N) is 1. The van der Waals surface area contributed by atoms with Gasteiger partial charge in [-0.3, -0.25) is 4.79 Å². The van der Waals surface area contributed by atoms with E-state index < -0.39 is 0 Å². The Morgan fingerprint density at radius 1 is 1.12 bits per heavy atom. The fraction of sp³-hybridized carbons (Fsp3) is 0.929. The van der Waals surface area contributed by atoms with E-state index in [1.807, 2.05) is 0 Å². The van der Waals surface area contributed by atoms with Crippen LogP contribution < -0.4 is 11.1 Å². The van der Waals surface area contributed by atoms with E-state index in [-0.39, 0.29) is 11.8 Å². The lowest BCUT2D eigenvalue weighted by atomic mass is 9.77. The number of amides is 1. The molecule has 98 valence electrons. The van der Waals surface area contributed by atoms with E-state index >= 15 is 0 Å². The highest BCUT2D eigenvalue weighted by molar-refractivity contribution is 5.79. The zero-order valence-corrected chi connectivity index (χ0v) is 11.0. The van der Waals surface area contributed by atoms with E-state index in [9.17, 15) is 4.79 Å². The molecule has 0 aromatic carbocycles. The summed E-state index contributed by atoms with van der Waals surface area (Å²) in [5, 5.41) is 3.25. The quantitative estimate of drug-likeness (QED) is 0.775. The third-order valence-electron chi connectivity index (χ3n) is 4.50. The van der Waals surface area contributed by atoms with E-state index in [1.54, 1.807) is 0 Å². The van der Waals surface area contributed by atoms with Crippen LogP contribution in [0.1, 0.15) is 58.3 Å². The highest BCUT2D eigenvalue weighted by Crippen LogP contribution is 2.29. The SMILES string of the molecule is CC1CC(N)CCC1C(=O)NC1CCCCC1. The average molecular weight is 238 g/mol. The molecule has 2 aliphatic rings. The van der Waals surface area contributed by atoms with Crippen LogP contribution in [0.25, 0.3) is 0 Å². The second kappa shape index (κ2) is 5.85. The minimum Gasteiger partial charge on any atom is -0.353 e. The van der Waals surface area contributed by atoms with Gasteiger partial charge in [0.1, 0.15) is 0 Å². The van der Waals surface area contributed by atoms with Gasteiger partial charge in [0, 0.05) is 18.0 Å². The molecule has 2 aliphatic carbocycles. The predicted molar refractivity (Wildman–Crippen MR) is 69.5 cm³/mol. The lowest BCUT2D eigenvalue weighted by Gasteiger charge is -2.33. The van der Waals surface area contributed by atoms with Gasteiger partial charge >= 0.3 is 0 Å². The van der Waals surface area contributed by atoms with Crippen molar-refractivity contribution in [3.8, 4) is 0 Å². The first-order valence-electron chi connectivity index (χ1n) is 7.22. The van der Waals surface area contributed by atoms with Gasteiger partial charge in [0.15, 0.2) is 0 Å². The van der Waals surface area contributed by atoms with Gasteiger partial charge in [0.2, 0.25) is 5.91 Å². The van der Waals surface area contributed by atoms with Gasteiger partial charge in [-0.2, -0.15) is 0 Å². The summed E-state index contributed by atoms with van der Waals surface area (Å²) in [4.78, 5) is 12.2. The molecule has 0 radical (unpaired) electrons. The maximum absolute atomic E-state index is 12.2. The second-order valence-electron chi connectivity index (χ2n) is 6.00. The van der Waals surface area contributed by atoms with Crippen molar-refractivity contribution in [3.63, 3.8) is 0 Å². The molecule has 3 atom stereocenters. The van der Waals surface area contributed by atoms with Crippen molar-refractivity contribution >= 4 is 5.91 Å². The highest BCUT2D eigenvalue weighted by Gasteiger charge is 2.31. The Hall–Kier alpha value is -0.570. The van der Waals surface area contributed by atoms with Crippen molar-refractivity contribution in [2.75, 3.05) is 0 Å². The molecule has 0 heterocycles. The molecule has 2 fully saturated rings. The van der Waals surface area contributed by atoms with Crippen molar-refractivity contribution in [2.45, 2.75) is 70.4 Å². The molecule has 2 saturated carbocycles. The molecule has 0 bridgehead atoms. The summed E-state index contributed by atoms with van der Waals surface area (Å²) in [6, 6.07) is 0.753. The van der Waals surface area contributed by atoms with Crippen LogP contribution in [0, 0.1) is 11.8 Å². The Bertz CT molecular complexity index is 261. The number of hydrogen-bond acceptors (Lipinski definition) is 2. The summed E-state index contributed by atoms with van der Waals surface area (Å²) in [5.74, 6) is 0.940. The van der Waals surface area contributed by atoms with Crippen LogP contribution >= 0.6 is 0 Å². The summed E-state index contributed by atoms with van der Waals surface area (Å²) in [6.07, 6.45) is 9.21. The number of hydrogen-bond donors (Lipinski definition) is 2. The summed E-state index contributed by atoms with van der Waals surface area (Å²) in [6.45, 7) is 2.17. The van der Waals surface area contributed by atoms with E-state index in [4.69, 9.17) is 5.73 Å². The zero-order chi connectivity index (χ0) is 12.3. The normalized spacial score (nSPS) is 35.5. The number of nitrogens with two attached hydrogens (primary N) is 1. The van der Waals surface area contributed by atoms with Gasteiger partial charge in [-0.1, -0.05) is 26.2 Å². The van der Waals surface area contributed by atoms with Crippen LogP contribution in [0.15, 0.2) is 0 Å². The molecule has 1 amide bonds. The van der Waals surface area contributed by atoms with Crippen LogP contribution in [0.3, 0.4) is 0 Å². The van der Waals surface area contributed by atoms with E-state index in [0.717, 1.165) is 19.3 Å². The number of carbonyl (C=O) groups excluding carboxylic acids is 1. The van der Waals surface area contributed by atoms with Crippen LogP contribution in [0.4, 0.5) is 0 Å². The van der Waals surface area contributed by atoms with Gasteiger partial charge in [0.05, 0.1) is 0 Å².